The van der Waals surface area contributed by atoms with Crippen LogP contribution in [0.2, 0.25) is 0 Å². The molecular weight excluding hydrogens is 548 g/mol. The zero-order chi connectivity index (χ0) is 31.7. The summed E-state index contributed by atoms with van der Waals surface area (Å²) >= 11 is 0. The van der Waals surface area contributed by atoms with Gasteiger partial charge in [-0.1, -0.05) is 26.0 Å². The number of carbonyl (C=O) groups is 5. The van der Waals surface area contributed by atoms with Crippen LogP contribution in [0.1, 0.15) is 59.4 Å². The van der Waals surface area contributed by atoms with Crippen LogP contribution in [0.15, 0.2) is 24.3 Å². The summed E-state index contributed by atoms with van der Waals surface area (Å²) in [6, 6.07) is 3.98. The fourth-order valence-electron chi connectivity index (χ4n) is 3.56. The Kier molecular flexibility index (Phi) is 15.9. The fraction of sp³-hybridized carbons (Fsp3) is 0.607. The van der Waals surface area contributed by atoms with Crippen LogP contribution >= 0.6 is 0 Å². The normalized spacial score (nSPS) is 12.5. The first-order chi connectivity index (χ1) is 19.7. The van der Waals surface area contributed by atoms with Crippen molar-refractivity contribution in [2.75, 3.05) is 31.6 Å². The average molecular weight is 595 g/mol. The van der Waals surface area contributed by atoms with Crippen molar-refractivity contribution in [2.45, 2.75) is 78.2 Å². The Hall–Kier alpha value is -3.91. The summed E-state index contributed by atoms with van der Waals surface area (Å²) in [4.78, 5) is 61.4. The molecule has 2 unspecified atom stereocenters. The van der Waals surface area contributed by atoms with Gasteiger partial charge in [-0.2, -0.15) is 0 Å². The number of hydrogen-bond donors (Lipinski definition) is 7. The van der Waals surface area contributed by atoms with Gasteiger partial charge in [0, 0.05) is 25.2 Å². The molecule has 0 aliphatic rings. The summed E-state index contributed by atoms with van der Waals surface area (Å²) in [7, 11) is 0. The van der Waals surface area contributed by atoms with Crippen molar-refractivity contribution in [1.82, 2.24) is 21.3 Å². The predicted molar refractivity (Wildman–Crippen MR) is 156 cm³/mol. The number of urea groups is 1. The van der Waals surface area contributed by atoms with Crippen molar-refractivity contribution in [3.63, 3.8) is 0 Å². The highest BCUT2D eigenvalue weighted by Gasteiger charge is 2.28. The average Bonchev–Trinajstić information content (AvgIpc) is 2.89. The van der Waals surface area contributed by atoms with Gasteiger partial charge in [0.1, 0.15) is 17.7 Å². The van der Waals surface area contributed by atoms with E-state index in [1.54, 1.807) is 58.9 Å². The summed E-state index contributed by atoms with van der Waals surface area (Å²) in [5.41, 5.74) is 5.64. The number of rotatable bonds is 17. The van der Waals surface area contributed by atoms with Crippen molar-refractivity contribution >= 4 is 35.5 Å². The van der Waals surface area contributed by atoms with Gasteiger partial charge in [0.25, 0.3) is 0 Å². The molecule has 1 rings (SSSR count). The Morgan fingerprint density at radius 3 is 2.17 bits per heavy atom. The molecule has 2 atom stereocenters. The molecule has 1 aromatic carbocycles. The van der Waals surface area contributed by atoms with Crippen LogP contribution in [0.3, 0.4) is 0 Å². The highest BCUT2D eigenvalue weighted by molar-refractivity contribution is 5.98. The van der Waals surface area contributed by atoms with Crippen LogP contribution in [-0.4, -0.2) is 78.9 Å². The summed E-state index contributed by atoms with van der Waals surface area (Å²) in [5, 5.41) is 22.4. The number of anilines is 1. The third-order valence-electron chi connectivity index (χ3n) is 5.66. The summed E-state index contributed by atoms with van der Waals surface area (Å²) in [5.74, 6) is -1.74. The van der Waals surface area contributed by atoms with Gasteiger partial charge >= 0.3 is 12.1 Å². The molecule has 0 saturated carbocycles. The number of ether oxygens (including phenoxy) is 2. The quantitative estimate of drug-likeness (QED) is 0.130. The van der Waals surface area contributed by atoms with E-state index >= 15 is 0 Å². The van der Waals surface area contributed by atoms with E-state index in [2.05, 4.69) is 26.6 Å². The number of benzene rings is 1. The summed E-state index contributed by atoms with van der Waals surface area (Å²) in [6.07, 6.45) is -0.0411. The number of aliphatic hydroxyl groups excluding tert-OH is 1. The summed E-state index contributed by atoms with van der Waals surface area (Å²) in [6.45, 7) is 9.30. The second-order valence-corrected chi connectivity index (χ2v) is 10.9. The molecule has 0 spiro atoms. The first-order valence-corrected chi connectivity index (χ1v) is 13.9. The van der Waals surface area contributed by atoms with Crippen LogP contribution in [-0.2, 0) is 30.5 Å². The van der Waals surface area contributed by atoms with Crippen molar-refractivity contribution in [1.29, 1.82) is 0 Å². The van der Waals surface area contributed by atoms with E-state index in [0.717, 1.165) is 0 Å². The number of nitrogens with one attached hydrogen (secondary N) is 5. The Balaban J connectivity index is 2.67. The Morgan fingerprint density at radius 1 is 0.929 bits per heavy atom. The molecule has 1 aromatic rings. The number of carbonyl (C=O) groups excluding carboxylic acids is 5. The Morgan fingerprint density at radius 2 is 1.60 bits per heavy atom. The second-order valence-electron chi connectivity index (χ2n) is 10.9. The Bertz CT molecular complexity index is 1030. The van der Waals surface area contributed by atoms with E-state index < -0.39 is 47.5 Å². The van der Waals surface area contributed by atoms with Gasteiger partial charge in [-0.25, -0.2) is 9.59 Å². The van der Waals surface area contributed by atoms with Crippen LogP contribution in [0.5, 0.6) is 0 Å². The molecule has 0 aliphatic heterocycles. The maximum absolute atomic E-state index is 13.2. The molecule has 0 fully saturated rings. The minimum atomic E-state index is -0.969. The van der Waals surface area contributed by atoms with E-state index in [1.165, 1.54) is 0 Å². The standard InChI is InChI=1S/C28H46N6O8/c1-18(2)23(34-22(36)12-15-41-16-14-31-27(40)42-28(3,4)5)25(38)33-21(7-6-13-30-26(29)39)24(37)32-20-10-8-19(17-35)9-11-20/h8-11,18,21,23,35H,6-7,12-17H2,1-5H3,(H,31,40)(H,32,37)(H,33,38)(H,34,36)(H3,29,30,39). The van der Waals surface area contributed by atoms with Gasteiger partial charge in [0.15, 0.2) is 0 Å². The van der Waals surface area contributed by atoms with Crippen molar-refractivity contribution in [3.05, 3.63) is 29.8 Å². The van der Waals surface area contributed by atoms with Crippen LogP contribution in [0.4, 0.5) is 15.3 Å². The van der Waals surface area contributed by atoms with Crippen molar-refractivity contribution in [3.8, 4) is 0 Å². The second kappa shape index (κ2) is 18.5. The predicted octanol–water partition coefficient (Wildman–Crippen LogP) is 1.12. The maximum atomic E-state index is 13.2. The molecule has 8 N–H and O–H groups in total. The molecule has 0 aromatic heterocycles. The highest BCUT2D eigenvalue weighted by Crippen LogP contribution is 2.12. The molecule has 0 aliphatic carbocycles. The first-order valence-electron chi connectivity index (χ1n) is 13.9. The molecule has 6 amide bonds. The smallest absolute Gasteiger partial charge is 0.407 e. The lowest BCUT2D eigenvalue weighted by atomic mass is 10.0. The highest BCUT2D eigenvalue weighted by atomic mass is 16.6. The van der Waals surface area contributed by atoms with Gasteiger partial charge in [-0.05, 0) is 57.2 Å². The van der Waals surface area contributed by atoms with Gasteiger partial charge in [-0.3, -0.25) is 14.4 Å². The lowest BCUT2D eigenvalue weighted by Crippen LogP contribution is -2.54. The minimum absolute atomic E-state index is 0.0184. The van der Waals surface area contributed by atoms with E-state index in [0.29, 0.717) is 17.7 Å². The zero-order valence-corrected chi connectivity index (χ0v) is 25.1. The van der Waals surface area contributed by atoms with Crippen molar-refractivity contribution in [2.24, 2.45) is 11.7 Å². The van der Waals surface area contributed by atoms with E-state index in [4.69, 9.17) is 15.2 Å². The Labute approximate surface area is 246 Å². The van der Waals surface area contributed by atoms with Gasteiger partial charge < -0.3 is 46.9 Å². The molecule has 14 nitrogen and oxygen atoms in total. The SMILES string of the molecule is CC(C)C(NC(=O)CCOCCNC(=O)OC(C)(C)C)C(=O)NC(CCCNC(N)=O)C(=O)Nc1ccc(CO)cc1. The van der Waals surface area contributed by atoms with Crippen LogP contribution < -0.4 is 32.3 Å². The summed E-state index contributed by atoms with van der Waals surface area (Å²) < 4.78 is 10.5. The van der Waals surface area contributed by atoms with Crippen LogP contribution in [0, 0.1) is 5.92 Å². The number of primary amides is 1. The lowest BCUT2D eigenvalue weighted by Gasteiger charge is -2.25. The lowest BCUT2D eigenvalue weighted by molar-refractivity contribution is -0.132. The van der Waals surface area contributed by atoms with E-state index in [-0.39, 0.29) is 51.7 Å². The molecule has 236 valence electrons. The van der Waals surface area contributed by atoms with Gasteiger partial charge in [-0.15, -0.1) is 0 Å². The zero-order valence-electron chi connectivity index (χ0n) is 25.1. The van der Waals surface area contributed by atoms with E-state index in [9.17, 15) is 29.1 Å². The molecule has 0 bridgehead atoms. The largest absolute Gasteiger partial charge is 0.444 e. The molecular formula is C28H46N6O8. The number of alkyl carbamates (subject to hydrolysis) is 1. The third-order valence-corrected chi connectivity index (χ3v) is 5.66. The maximum Gasteiger partial charge on any atom is 0.407 e. The van der Waals surface area contributed by atoms with Gasteiger partial charge in [0.2, 0.25) is 17.7 Å². The number of amides is 6. The first kappa shape index (κ1) is 36.1. The molecule has 0 radical (unpaired) electrons. The van der Waals surface area contributed by atoms with Crippen molar-refractivity contribution < 1.29 is 38.6 Å². The minimum Gasteiger partial charge on any atom is -0.444 e. The van der Waals surface area contributed by atoms with Gasteiger partial charge in [0.05, 0.1) is 19.8 Å². The number of nitrogens with two attached hydrogens (primary N) is 1. The molecule has 0 saturated heterocycles. The van der Waals surface area contributed by atoms with E-state index in [1.807, 2.05) is 0 Å². The third kappa shape index (κ3) is 15.8. The molecule has 14 heteroatoms. The molecule has 0 heterocycles. The fourth-order valence-corrected chi connectivity index (χ4v) is 3.56. The number of aliphatic hydroxyl groups is 1. The topological polar surface area (TPSA) is 210 Å². The molecule has 42 heavy (non-hydrogen) atoms. The van der Waals surface area contributed by atoms with Crippen LogP contribution in [0.25, 0.3) is 0 Å². The monoisotopic (exact) mass is 594 g/mol. The number of hydrogen-bond acceptors (Lipinski definition) is 8.